The number of amides is 1. The number of nitrogens with zero attached hydrogens (tertiary/aromatic N) is 4. The van der Waals surface area contributed by atoms with Crippen LogP contribution >= 0.6 is 0 Å². The van der Waals surface area contributed by atoms with E-state index in [-0.39, 0.29) is 29.0 Å². The van der Waals surface area contributed by atoms with Gasteiger partial charge < -0.3 is 4.90 Å². The standard InChI is InChI=1S/C21H24N4O4/c1-14-13-19(26)20(22-24(14)17-10-4-5-11-18(17)25(28)29)21(27)23-12-6-8-15-7-2-3-9-16(15)23/h4-5,10-11,13,15-16H,2-3,6-9,12H2,1H3/t15-,16+/m1/s1. The second-order valence-electron chi connectivity index (χ2n) is 7.91. The van der Waals surface area contributed by atoms with E-state index in [1.807, 2.05) is 4.90 Å². The van der Waals surface area contributed by atoms with Crippen molar-refractivity contribution < 1.29 is 9.72 Å². The summed E-state index contributed by atoms with van der Waals surface area (Å²) in [4.78, 5) is 38.7. The summed E-state index contributed by atoms with van der Waals surface area (Å²) in [7, 11) is 0. The van der Waals surface area contributed by atoms with Gasteiger partial charge in [-0.15, -0.1) is 0 Å². The topological polar surface area (TPSA) is 98.3 Å². The summed E-state index contributed by atoms with van der Waals surface area (Å²) in [5.41, 5.74) is -0.0658. The highest BCUT2D eigenvalue weighted by Crippen LogP contribution is 2.35. The lowest BCUT2D eigenvalue weighted by molar-refractivity contribution is -0.384. The molecule has 1 saturated carbocycles. The molecule has 2 aliphatic rings. The summed E-state index contributed by atoms with van der Waals surface area (Å²) in [6.45, 7) is 2.28. The van der Waals surface area contributed by atoms with E-state index in [1.54, 1.807) is 25.1 Å². The molecule has 29 heavy (non-hydrogen) atoms. The molecular formula is C21H24N4O4. The van der Waals surface area contributed by atoms with E-state index in [9.17, 15) is 19.7 Å². The number of fused-ring (bicyclic) bond motifs is 1. The van der Waals surface area contributed by atoms with Crippen molar-refractivity contribution in [2.75, 3.05) is 6.54 Å². The van der Waals surface area contributed by atoms with Gasteiger partial charge >= 0.3 is 0 Å². The van der Waals surface area contributed by atoms with Crippen LogP contribution in [0.3, 0.4) is 0 Å². The smallest absolute Gasteiger partial charge is 0.294 e. The molecule has 0 bridgehead atoms. The van der Waals surface area contributed by atoms with Gasteiger partial charge in [0, 0.05) is 30.4 Å². The van der Waals surface area contributed by atoms with E-state index in [2.05, 4.69) is 5.10 Å². The Balaban J connectivity index is 1.76. The van der Waals surface area contributed by atoms with E-state index in [0.717, 1.165) is 32.1 Å². The third kappa shape index (κ3) is 3.54. The van der Waals surface area contributed by atoms with Crippen LogP contribution in [0.4, 0.5) is 5.69 Å². The predicted octanol–water partition coefficient (Wildman–Crippen LogP) is 3.24. The second-order valence-corrected chi connectivity index (χ2v) is 7.91. The van der Waals surface area contributed by atoms with Gasteiger partial charge in [0.1, 0.15) is 5.69 Å². The fourth-order valence-corrected chi connectivity index (χ4v) is 4.75. The molecule has 2 aromatic rings. The first-order valence-electron chi connectivity index (χ1n) is 10.1. The molecule has 2 fully saturated rings. The normalized spacial score (nSPS) is 21.5. The summed E-state index contributed by atoms with van der Waals surface area (Å²) < 4.78 is 1.33. The number of piperidine rings is 1. The summed E-state index contributed by atoms with van der Waals surface area (Å²) in [5, 5.41) is 15.7. The van der Waals surface area contributed by atoms with E-state index < -0.39 is 10.4 Å². The number of hydrogen-bond acceptors (Lipinski definition) is 5. The Morgan fingerprint density at radius 3 is 2.69 bits per heavy atom. The van der Waals surface area contributed by atoms with Gasteiger partial charge in [-0.2, -0.15) is 5.10 Å². The van der Waals surface area contributed by atoms with Crippen LogP contribution in [0.15, 0.2) is 35.1 Å². The Hall–Kier alpha value is -3.03. The zero-order valence-electron chi connectivity index (χ0n) is 16.4. The van der Waals surface area contributed by atoms with E-state index >= 15 is 0 Å². The molecule has 1 aromatic heterocycles. The number of likely N-dealkylation sites (tertiary alicyclic amines) is 1. The van der Waals surface area contributed by atoms with Gasteiger partial charge in [-0.05, 0) is 44.6 Å². The summed E-state index contributed by atoms with van der Waals surface area (Å²) in [6, 6.07) is 7.68. The Labute approximate surface area is 168 Å². The number of carbonyl (C=O) groups is 1. The minimum atomic E-state index is -0.493. The molecule has 0 unspecified atom stereocenters. The maximum Gasteiger partial charge on any atom is 0.294 e. The average molecular weight is 396 g/mol. The highest BCUT2D eigenvalue weighted by Gasteiger charge is 2.37. The van der Waals surface area contributed by atoms with Crippen molar-refractivity contribution >= 4 is 11.6 Å². The number of aryl methyl sites for hydroxylation is 1. The van der Waals surface area contributed by atoms with Gasteiger partial charge in [0.25, 0.3) is 11.6 Å². The molecule has 1 aromatic carbocycles. The van der Waals surface area contributed by atoms with Gasteiger partial charge in [-0.1, -0.05) is 25.0 Å². The van der Waals surface area contributed by atoms with Crippen LogP contribution in [-0.4, -0.2) is 38.1 Å². The largest absolute Gasteiger partial charge is 0.334 e. The third-order valence-electron chi connectivity index (χ3n) is 6.12. The number of para-hydroxylation sites is 2. The lowest BCUT2D eigenvalue weighted by Gasteiger charge is -2.43. The molecule has 0 N–H and O–H groups in total. The van der Waals surface area contributed by atoms with E-state index in [0.29, 0.717) is 18.2 Å². The van der Waals surface area contributed by atoms with Crippen LogP contribution in [0.2, 0.25) is 0 Å². The van der Waals surface area contributed by atoms with E-state index in [1.165, 1.54) is 23.2 Å². The molecule has 1 aliphatic carbocycles. The Morgan fingerprint density at radius 2 is 1.90 bits per heavy atom. The van der Waals surface area contributed by atoms with Crippen molar-refractivity contribution in [3.63, 3.8) is 0 Å². The minimum absolute atomic E-state index is 0.129. The molecule has 0 spiro atoms. The molecule has 8 heteroatoms. The lowest BCUT2D eigenvalue weighted by atomic mass is 9.78. The third-order valence-corrected chi connectivity index (χ3v) is 6.12. The highest BCUT2D eigenvalue weighted by molar-refractivity contribution is 5.92. The van der Waals surface area contributed by atoms with Gasteiger partial charge in [-0.25, -0.2) is 4.68 Å². The summed E-state index contributed by atoms with van der Waals surface area (Å²) in [6.07, 6.45) is 6.41. The quantitative estimate of drug-likeness (QED) is 0.586. The fourth-order valence-electron chi connectivity index (χ4n) is 4.75. The fraction of sp³-hybridized carbons (Fsp3) is 0.476. The number of carbonyl (C=O) groups excluding carboxylic acids is 1. The molecule has 1 aliphatic heterocycles. The molecule has 152 valence electrons. The van der Waals surface area contributed by atoms with Crippen LogP contribution in [0.5, 0.6) is 0 Å². The van der Waals surface area contributed by atoms with Crippen molar-refractivity contribution in [3.8, 4) is 5.69 Å². The molecule has 2 atom stereocenters. The Kier molecular flexibility index (Phi) is 5.17. The minimum Gasteiger partial charge on any atom is -0.334 e. The maximum atomic E-state index is 13.3. The summed E-state index contributed by atoms with van der Waals surface area (Å²) in [5.74, 6) is 0.128. The zero-order valence-corrected chi connectivity index (χ0v) is 16.4. The monoisotopic (exact) mass is 396 g/mol. The van der Waals surface area contributed by atoms with Gasteiger partial charge in [0.05, 0.1) is 4.92 Å². The first-order chi connectivity index (χ1) is 14.0. The number of benzene rings is 1. The van der Waals surface area contributed by atoms with Crippen molar-refractivity contribution in [1.82, 2.24) is 14.7 Å². The number of rotatable bonds is 3. The van der Waals surface area contributed by atoms with Crippen LogP contribution in [-0.2, 0) is 0 Å². The first kappa shape index (κ1) is 19.3. The van der Waals surface area contributed by atoms with Gasteiger partial charge in [0.15, 0.2) is 5.69 Å². The molecule has 1 saturated heterocycles. The number of aromatic nitrogens is 2. The molecule has 4 rings (SSSR count). The van der Waals surface area contributed by atoms with Crippen LogP contribution in [0.25, 0.3) is 5.69 Å². The second kappa shape index (κ2) is 7.77. The zero-order chi connectivity index (χ0) is 20.5. The SMILES string of the molecule is Cc1cc(=O)c(C(=O)N2CCC[C@H]3CCCC[C@@H]32)nn1-c1ccccc1[N+](=O)[O-]. The van der Waals surface area contributed by atoms with Crippen LogP contribution in [0.1, 0.15) is 54.7 Å². The van der Waals surface area contributed by atoms with Gasteiger partial charge in [0.2, 0.25) is 5.43 Å². The Morgan fingerprint density at radius 1 is 1.17 bits per heavy atom. The average Bonchev–Trinajstić information content (AvgIpc) is 2.73. The number of nitro benzene ring substituents is 1. The molecule has 0 radical (unpaired) electrons. The van der Waals surface area contributed by atoms with Crippen molar-refractivity contribution in [3.05, 3.63) is 62.1 Å². The predicted molar refractivity (Wildman–Crippen MR) is 107 cm³/mol. The molecule has 1 amide bonds. The highest BCUT2D eigenvalue weighted by atomic mass is 16.6. The number of nitro groups is 1. The van der Waals surface area contributed by atoms with Crippen molar-refractivity contribution in [2.24, 2.45) is 5.92 Å². The first-order valence-corrected chi connectivity index (χ1v) is 10.1. The lowest BCUT2D eigenvalue weighted by Crippen LogP contribution is -2.51. The summed E-state index contributed by atoms with van der Waals surface area (Å²) >= 11 is 0. The van der Waals surface area contributed by atoms with Gasteiger partial charge in [-0.3, -0.25) is 19.7 Å². The number of hydrogen-bond donors (Lipinski definition) is 0. The molecule has 2 heterocycles. The van der Waals surface area contributed by atoms with Crippen LogP contribution in [0, 0.1) is 23.0 Å². The molecular weight excluding hydrogens is 372 g/mol. The van der Waals surface area contributed by atoms with Crippen molar-refractivity contribution in [1.29, 1.82) is 0 Å². The van der Waals surface area contributed by atoms with Crippen molar-refractivity contribution in [2.45, 2.75) is 51.5 Å². The maximum absolute atomic E-state index is 13.3. The Bertz CT molecular complexity index is 1010. The van der Waals surface area contributed by atoms with E-state index in [4.69, 9.17) is 0 Å². The molecule has 8 nitrogen and oxygen atoms in total. The van der Waals surface area contributed by atoms with Crippen LogP contribution < -0.4 is 5.43 Å².